The van der Waals surface area contributed by atoms with Crippen molar-refractivity contribution in [2.45, 2.75) is 12.5 Å². The Morgan fingerprint density at radius 2 is 2.17 bits per heavy atom. The molecule has 0 saturated carbocycles. The number of H-pyrrole nitrogens is 1. The third kappa shape index (κ3) is 1.97. The first-order valence-corrected chi connectivity index (χ1v) is 6.00. The summed E-state index contributed by atoms with van der Waals surface area (Å²) in [6.45, 7) is 0.632. The molecule has 1 amide bonds. The molecular formula is C14H14N2O2. The average Bonchev–Trinajstić information content (AvgIpc) is 2.93. The van der Waals surface area contributed by atoms with Crippen LogP contribution in [0.4, 0.5) is 0 Å². The Kier molecular flexibility index (Phi) is 2.76. The van der Waals surface area contributed by atoms with Gasteiger partial charge >= 0.3 is 0 Å². The van der Waals surface area contributed by atoms with Gasteiger partial charge in [-0.3, -0.25) is 4.79 Å². The van der Waals surface area contributed by atoms with Gasteiger partial charge in [-0.15, -0.1) is 0 Å². The highest BCUT2D eigenvalue weighted by atomic mass is 16.5. The summed E-state index contributed by atoms with van der Waals surface area (Å²) in [5.74, 6) is 0.780. The number of hydrogen-bond donors (Lipinski definition) is 2. The molecule has 2 N–H and O–H groups in total. The molecule has 0 fully saturated rings. The first-order chi connectivity index (χ1) is 8.84. The summed E-state index contributed by atoms with van der Waals surface area (Å²) in [7, 11) is 0. The van der Waals surface area contributed by atoms with Crippen molar-refractivity contribution in [2.75, 3.05) is 6.61 Å². The number of ether oxygens (including phenoxy) is 1. The summed E-state index contributed by atoms with van der Waals surface area (Å²) in [5, 5.41) is 3.03. The van der Waals surface area contributed by atoms with E-state index in [4.69, 9.17) is 4.74 Å². The first kappa shape index (κ1) is 10.9. The number of aromatic amines is 1. The van der Waals surface area contributed by atoms with Crippen molar-refractivity contribution in [3.8, 4) is 5.75 Å². The second-order valence-corrected chi connectivity index (χ2v) is 4.28. The Morgan fingerprint density at radius 3 is 3.00 bits per heavy atom. The maximum Gasteiger partial charge on any atom is 0.268 e. The lowest BCUT2D eigenvalue weighted by Crippen LogP contribution is -2.32. The molecule has 3 rings (SSSR count). The molecule has 1 aliphatic heterocycles. The van der Waals surface area contributed by atoms with Crippen LogP contribution >= 0.6 is 0 Å². The standard InChI is InChI=1S/C14H14N2O2/c17-14(12-5-3-8-15-12)16-11-7-9-18-13-6-2-1-4-10(11)13/h1-6,8,11,15H,7,9H2,(H,16,17). The van der Waals surface area contributed by atoms with E-state index < -0.39 is 0 Å². The average molecular weight is 242 g/mol. The third-order valence-corrected chi connectivity index (χ3v) is 3.11. The highest BCUT2D eigenvalue weighted by molar-refractivity contribution is 5.92. The van der Waals surface area contributed by atoms with E-state index in [1.807, 2.05) is 30.3 Å². The summed E-state index contributed by atoms with van der Waals surface area (Å²) in [4.78, 5) is 14.9. The van der Waals surface area contributed by atoms with Gasteiger partial charge in [-0.1, -0.05) is 18.2 Å². The first-order valence-electron chi connectivity index (χ1n) is 6.00. The number of nitrogens with one attached hydrogen (secondary N) is 2. The molecule has 1 aromatic heterocycles. The monoisotopic (exact) mass is 242 g/mol. The van der Waals surface area contributed by atoms with Gasteiger partial charge in [0.2, 0.25) is 0 Å². The van der Waals surface area contributed by atoms with Crippen LogP contribution in [0.1, 0.15) is 28.5 Å². The highest BCUT2D eigenvalue weighted by Gasteiger charge is 2.23. The molecule has 0 saturated heterocycles. The van der Waals surface area contributed by atoms with Gasteiger partial charge in [-0.2, -0.15) is 0 Å². The molecule has 0 bridgehead atoms. The number of benzene rings is 1. The van der Waals surface area contributed by atoms with E-state index in [9.17, 15) is 4.79 Å². The molecule has 18 heavy (non-hydrogen) atoms. The van der Waals surface area contributed by atoms with Crippen molar-refractivity contribution in [1.82, 2.24) is 10.3 Å². The molecule has 0 radical (unpaired) electrons. The van der Waals surface area contributed by atoms with E-state index in [0.717, 1.165) is 17.7 Å². The minimum Gasteiger partial charge on any atom is -0.493 e. The molecule has 0 aliphatic carbocycles. The molecule has 0 spiro atoms. The molecule has 1 aromatic carbocycles. The van der Waals surface area contributed by atoms with E-state index in [2.05, 4.69) is 10.3 Å². The Labute approximate surface area is 105 Å². The number of carbonyl (C=O) groups is 1. The molecule has 2 aromatic rings. The Bertz CT molecular complexity index is 549. The second-order valence-electron chi connectivity index (χ2n) is 4.28. The zero-order valence-corrected chi connectivity index (χ0v) is 9.85. The largest absolute Gasteiger partial charge is 0.493 e. The zero-order valence-electron chi connectivity index (χ0n) is 9.85. The summed E-state index contributed by atoms with van der Waals surface area (Å²) >= 11 is 0. The van der Waals surface area contributed by atoms with E-state index in [0.29, 0.717) is 12.3 Å². The Morgan fingerprint density at radius 1 is 1.28 bits per heavy atom. The van der Waals surface area contributed by atoms with Crippen molar-refractivity contribution in [3.05, 3.63) is 53.9 Å². The number of carbonyl (C=O) groups excluding carboxylic acids is 1. The summed E-state index contributed by atoms with van der Waals surface area (Å²) in [5.41, 5.74) is 1.63. The van der Waals surface area contributed by atoms with Gasteiger partial charge in [0.15, 0.2) is 0 Å². The number of para-hydroxylation sites is 1. The lowest BCUT2D eigenvalue weighted by molar-refractivity contribution is 0.0920. The maximum atomic E-state index is 12.0. The lowest BCUT2D eigenvalue weighted by Gasteiger charge is -2.26. The van der Waals surface area contributed by atoms with Gasteiger partial charge in [-0.25, -0.2) is 0 Å². The third-order valence-electron chi connectivity index (χ3n) is 3.11. The maximum absolute atomic E-state index is 12.0. The van der Waals surface area contributed by atoms with Gasteiger partial charge in [-0.05, 0) is 18.2 Å². The number of hydrogen-bond acceptors (Lipinski definition) is 2. The molecule has 1 unspecified atom stereocenters. The molecule has 1 aliphatic rings. The van der Waals surface area contributed by atoms with Gasteiger partial charge in [0.1, 0.15) is 11.4 Å². The van der Waals surface area contributed by atoms with E-state index in [1.54, 1.807) is 12.3 Å². The summed E-state index contributed by atoms with van der Waals surface area (Å²) in [6, 6.07) is 11.4. The fraction of sp³-hybridized carbons (Fsp3) is 0.214. The summed E-state index contributed by atoms with van der Waals surface area (Å²) in [6.07, 6.45) is 2.54. The van der Waals surface area contributed by atoms with Crippen molar-refractivity contribution in [2.24, 2.45) is 0 Å². The molecular weight excluding hydrogens is 228 g/mol. The van der Waals surface area contributed by atoms with Crippen molar-refractivity contribution < 1.29 is 9.53 Å². The Hall–Kier alpha value is -2.23. The van der Waals surface area contributed by atoms with Crippen molar-refractivity contribution >= 4 is 5.91 Å². The zero-order chi connectivity index (χ0) is 12.4. The van der Waals surface area contributed by atoms with E-state index in [-0.39, 0.29) is 11.9 Å². The lowest BCUT2D eigenvalue weighted by atomic mass is 10.0. The van der Waals surface area contributed by atoms with Crippen LogP contribution in [-0.4, -0.2) is 17.5 Å². The van der Waals surface area contributed by atoms with E-state index in [1.165, 1.54) is 0 Å². The van der Waals surface area contributed by atoms with Gasteiger partial charge in [0.05, 0.1) is 12.6 Å². The predicted molar refractivity (Wildman–Crippen MR) is 67.6 cm³/mol. The molecule has 4 nitrogen and oxygen atoms in total. The SMILES string of the molecule is O=C(NC1CCOc2ccccc21)c1ccc[nH]1. The fourth-order valence-corrected chi connectivity index (χ4v) is 2.20. The predicted octanol–water partition coefficient (Wildman–Crippen LogP) is 2.27. The molecule has 92 valence electrons. The molecule has 1 atom stereocenters. The smallest absolute Gasteiger partial charge is 0.268 e. The fourth-order valence-electron chi connectivity index (χ4n) is 2.20. The minimum atomic E-state index is -0.0818. The van der Waals surface area contributed by atoms with Crippen LogP contribution in [-0.2, 0) is 0 Å². The number of rotatable bonds is 2. The minimum absolute atomic E-state index is 0.0192. The number of aromatic nitrogens is 1. The van der Waals surface area contributed by atoms with Crippen molar-refractivity contribution in [3.63, 3.8) is 0 Å². The van der Waals surface area contributed by atoms with Crippen LogP contribution in [0, 0.1) is 0 Å². The Balaban J connectivity index is 1.80. The van der Waals surface area contributed by atoms with Crippen LogP contribution in [0.15, 0.2) is 42.6 Å². The van der Waals surface area contributed by atoms with Crippen LogP contribution in [0.3, 0.4) is 0 Å². The topological polar surface area (TPSA) is 54.1 Å². The van der Waals surface area contributed by atoms with Gasteiger partial charge in [0.25, 0.3) is 5.91 Å². The van der Waals surface area contributed by atoms with Crippen LogP contribution in [0.5, 0.6) is 5.75 Å². The van der Waals surface area contributed by atoms with E-state index >= 15 is 0 Å². The number of amides is 1. The highest BCUT2D eigenvalue weighted by Crippen LogP contribution is 2.31. The number of fused-ring (bicyclic) bond motifs is 1. The van der Waals surface area contributed by atoms with Crippen molar-refractivity contribution in [1.29, 1.82) is 0 Å². The second kappa shape index (κ2) is 4.56. The summed E-state index contributed by atoms with van der Waals surface area (Å²) < 4.78 is 5.57. The van der Waals surface area contributed by atoms with Gasteiger partial charge in [0, 0.05) is 18.2 Å². The molecule has 2 heterocycles. The van der Waals surface area contributed by atoms with Crippen LogP contribution in [0.25, 0.3) is 0 Å². The normalized spacial score (nSPS) is 17.7. The van der Waals surface area contributed by atoms with Gasteiger partial charge < -0.3 is 15.0 Å². The van der Waals surface area contributed by atoms with Crippen LogP contribution < -0.4 is 10.1 Å². The quantitative estimate of drug-likeness (QED) is 0.848. The molecule has 4 heteroatoms. The van der Waals surface area contributed by atoms with Crippen LogP contribution in [0.2, 0.25) is 0 Å².